The number of likely N-dealkylation sites (tertiary alicyclic amines) is 1. The zero-order valence-corrected chi connectivity index (χ0v) is 17.0. The Morgan fingerprint density at radius 2 is 1.76 bits per heavy atom. The largest absolute Gasteiger partial charge is 0.497 e. The molecule has 2 atom stereocenters. The first-order chi connectivity index (χ1) is 14.1. The van der Waals surface area contributed by atoms with Crippen LogP contribution in [-0.4, -0.2) is 43.8 Å². The Labute approximate surface area is 170 Å². The predicted molar refractivity (Wildman–Crippen MR) is 112 cm³/mol. The molecule has 2 aliphatic rings. The lowest BCUT2D eigenvalue weighted by Crippen LogP contribution is -2.25. The Morgan fingerprint density at radius 3 is 2.48 bits per heavy atom. The van der Waals surface area contributed by atoms with Crippen LogP contribution in [0.3, 0.4) is 0 Å². The SMILES string of the molecule is COc1ccc(CN2C[C@@H]3c4cc(-c5ccncc5)ccc4S(=O)(=O)[C@H]3C2)cc1. The van der Waals surface area contributed by atoms with Crippen molar-refractivity contribution >= 4 is 9.84 Å². The first-order valence-electron chi connectivity index (χ1n) is 9.70. The molecule has 0 radical (unpaired) electrons. The molecule has 148 valence electrons. The molecule has 5 rings (SSSR count). The molecular formula is C23H22N2O3S. The molecule has 2 aromatic carbocycles. The van der Waals surface area contributed by atoms with Gasteiger partial charge in [-0.2, -0.15) is 0 Å². The Bertz CT molecular complexity index is 1140. The Balaban J connectivity index is 1.43. The van der Waals surface area contributed by atoms with Gasteiger partial charge in [-0.15, -0.1) is 0 Å². The smallest absolute Gasteiger partial charge is 0.183 e. The first-order valence-corrected chi connectivity index (χ1v) is 11.2. The molecular weight excluding hydrogens is 384 g/mol. The molecule has 0 spiro atoms. The lowest BCUT2D eigenvalue weighted by Gasteiger charge is -2.18. The van der Waals surface area contributed by atoms with Crippen molar-refractivity contribution in [2.75, 3.05) is 20.2 Å². The maximum Gasteiger partial charge on any atom is 0.183 e. The molecule has 1 aromatic heterocycles. The summed E-state index contributed by atoms with van der Waals surface area (Å²) in [6.45, 7) is 2.06. The van der Waals surface area contributed by atoms with Gasteiger partial charge in [0.15, 0.2) is 9.84 Å². The number of fused-ring (bicyclic) bond motifs is 3. The van der Waals surface area contributed by atoms with E-state index in [1.807, 2.05) is 42.5 Å². The summed E-state index contributed by atoms with van der Waals surface area (Å²) in [4.78, 5) is 6.83. The first kappa shape index (κ1) is 18.3. The lowest BCUT2D eigenvalue weighted by molar-refractivity contribution is 0.325. The molecule has 0 bridgehead atoms. The van der Waals surface area contributed by atoms with Crippen LogP contribution in [0.4, 0.5) is 0 Å². The van der Waals surface area contributed by atoms with Crippen molar-refractivity contribution in [2.24, 2.45) is 0 Å². The molecule has 1 fully saturated rings. The van der Waals surface area contributed by atoms with Crippen molar-refractivity contribution in [3.63, 3.8) is 0 Å². The number of hydrogen-bond acceptors (Lipinski definition) is 5. The van der Waals surface area contributed by atoms with Gasteiger partial charge in [0.25, 0.3) is 0 Å². The van der Waals surface area contributed by atoms with Crippen LogP contribution in [0.15, 0.2) is 71.9 Å². The van der Waals surface area contributed by atoms with E-state index in [1.54, 1.807) is 25.6 Å². The number of sulfone groups is 1. The molecule has 29 heavy (non-hydrogen) atoms. The Kier molecular flexibility index (Phi) is 4.41. The van der Waals surface area contributed by atoms with Crippen molar-refractivity contribution in [1.82, 2.24) is 9.88 Å². The topological polar surface area (TPSA) is 59.5 Å². The van der Waals surface area contributed by atoms with E-state index in [0.717, 1.165) is 41.1 Å². The summed E-state index contributed by atoms with van der Waals surface area (Å²) in [6, 6.07) is 17.6. The van der Waals surface area contributed by atoms with Crippen LogP contribution in [0.1, 0.15) is 17.0 Å². The van der Waals surface area contributed by atoms with E-state index in [2.05, 4.69) is 16.0 Å². The highest BCUT2D eigenvalue weighted by molar-refractivity contribution is 7.92. The number of methoxy groups -OCH3 is 1. The van der Waals surface area contributed by atoms with Gasteiger partial charge in [0.1, 0.15) is 5.75 Å². The van der Waals surface area contributed by atoms with Crippen molar-refractivity contribution in [3.05, 3.63) is 78.1 Å². The lowest BCUT2D eigenvalue weighted by atomic mass is 9.95. The molecule has 3 heterocycles. The molecule has 5 nitrogen and oxygen atoms in total. The van der Waals surface area contributed by atoms with E-state index in [0.29, 0.717) is 11.4 Å². The summed E-state index contributed by atoms with van der Waals surface area (Å²) in [6.07, 6.45) is 3.52. The van der Waals surface area contributed by atoms with E-state index in [1.165, 1.54) is 0 Å². The van der Waals surface area contributed by atoms with Gasteiger partial charge in [0, 0.05) is 37.9 Å². The van der Waals surface area contributed by atoms with Gasteiger partial charge < -0.3 is 4.74 Å². The normalized spacial score (nSPS) is 22.2. The number of rotatable bonds is 4. The summed E-state index contributed by atoms with van der Waals surface area (Å²) >= 11 is 0. The second-order valence-electron chi connectivity index (χ2n) is 7.72. The van der Waals surface area contributed by atoms with Crippen LogP contribution in [-0.2, 0) is 16.4 Å². The van der Waals surface area contributed by atoms with E-state index in [4.69, 9.17) is 4.74 Å². The van der Waals surface area contributed by atoms with Gasteiger partial charge in [-0.1, -0.05) is 18.2 Å². The van der Waals surface area contributed by atoms with Gasteiger partial charge in [0.05, 0.1) is 17.3 Å². The second-order valence-corrected chi connectivity index (χ2v) is 9.86. The highest BCUT2D eigenvalue weighted by Crippen LogP contribution is 2.46. The molecule has 6 heteroatoms. The fourth-order valence-electron chi connectivity index (χ4n) is 4.57. The van der Waals surface area contributed by atoms with E-state index in [9.17, 15) is 8.42 Å². The van der Waals surface area contributed by atoms with E-state index < -0.39 is 9.84 Å². The van der Waals surface area contributed by atoms with Crippen LogP contribution in [0.2, 0.25) is 0 Å². The van der Waals surface area contributed by atoms with Gasteiger partial charge in [-0.25, -0.2) is 8.42 Å². The average Bonchev–Trinajstić information content (AvgIpc) is 3.26. The average molecular weight is 407 g/mol. The van der Waals surface area contributed by atoms with Gasteiger partial charge >= 0.3 is 0 Å². The second kappa shape index (κ2) is 6.97. The van der Waals surface area contributed by atoms with E-state index >= 15 is 0 Å². The van der Waals surface area contributed by atoms with Crippen LogP contribution in [0.5, 0.6) is 5.75 Å². The highest BCUT2D eigenvalue weighted by Gasteiger charge is 2.50. The van der Waals surface area contributed by atoms with Crippen LogP contribution in [0, 0.1) is 0 Å². The Hall–Kier alpha value is -2.70. The molecule has 2 aliphatic heterocycles. The molecule has 0 amide bonds. The molecule has 0 unspecified atom stereocenters. The summed E-state index contributed by atoms with van der Waals surface area (Å²) in [5, 5.41) is -0.358. The zero-order chi connectivity index (χ0) is 20.0. The molecule has 0 N–H and O–H groups in total. The van der Waals surface area contributed by atoms with Gasteiger partial charge in [0.2, 0.25) is 0 Å². The van der Waals surface area contributed by atoms with Crippen LogP contribution >= 0.6 is 0 Å². The maximum absolute atomic E-state index is 13.1. The fourth-order valence-corrected chi connectivity index (χ4v) is 6.76. The number of pyridine rings is 1. The van der Waals surface area contributed by atoms with Crippen LogP contribution < -0.4 is 4.74 Å². The zero-order valence-electron chi connectivity index (χ0n) is 16.2. The number of hydrogen-bond donors (Lipinski definition) is 0. The van der Waals surface area contributed by atoms with Gasteiger partial charge in [-0.05, 0) is 58.7 Å². The van der Waals surface area contributed by atoms with Crippen molar-refractivity contribution in [3.8, 4) is 16.9 Å². The Morgan fingerprint density at radius 1 is 1.00 bits per heavy atom. The third-order valence-corrected chi connectivity index (χ3v) is 8.29. The van der Waals surface area contributed by atoms with Gasteiger partial charge in [-0.3, -0.25) is 9.88 Å². The third kappa shape index (κ3) is 3.12. The number of benzene rings is 2. The summed E-state index contributed by atoms with van der Waals surface area (Å²) in [7, 11) is -1.64. The third-order valence-electron chi connectivity index (χ3n) is 6.04. The predicted octanol–water partition coefficient (Wildman–Crippen LogP) is 3.51. The minimum absolute atomic E-state index is 0.0232. The quantitative estimate of drug-likeness (QED) is 0.664. The fraction of sp³-hybridized carbons (Fsp3) is 0.261. The summed E-state index contributed by atoms with van der Waals surface area (Å²) in [5.41, 5.74) is 4.21. The molecule has 1 saturated heterocycles. The molecule has 0 aliphatic carbocycles. The molecule has 0 saturated carbocycles. The summed E-state index contributed by atoms with van der Waals surface area (Å²) in [5.74, 6) is 0.849. The van der Waals surface area contributed by atoms with Crippen LogP contribution in [0.25, 0.3) is 11.1 Å². The maximum atomic E-state index is 13.1. The van der Waals surface area contributed by atoms with E-state index in [-0.39, 0.29) is 11.2 Å². The van der Waals surface area contributed by atoms with Crippen molar-refractivity contribution in [2.45, 2.75) is 22.6 Å². The van der Waals surface area contributed by atoms with Crippen molar-refractivity contribution in [1.29, 1.82) is 0 Å². The van der Waals surface area contributed by atoms with Crippen molar-refractivity contribution < 1.29 is 13.2 Å². The standard InChI is InChI=1S/C23H22N2O3S/c1-28-19-5-2-16(3-6-19)13-25-14-21-20-12-18(17-8-10-24-11-9-17)4-7-22(20)29(26,27)23(21)15-25/h2-12,21,23H,13-15H2,1H3/t21-,23+/m1/s1. The minimum atomic E-state index is -3.29. The number of nitrogens with zero attached hydrogens (tertiary/aromatic N) is 2. The number of ether oxygens (including phenoxy) is 1. The molecule has 3 aromatic rings. The monoisotopic (exact) mass is 406 g/mol. The minimum Gasteiger partial charge on any atom is -0.497 e. The summed E-state index contributed by atoms with van der Waals surface area (Å²) < 4.78 is 31.5. The number of aromatic nitrogens is 1. The highest BCUT2D eigenvalue weighted by atomic mass is 32.2.